The van der Waals surface area contributed by atoms with Gasteiger partial charge in [0.2, 0.25) is 5.91 Å². The van der Waals surface area contributed by atoms with Crippen molar-refractivity contribution in [2.24, 2.45) is 23.3 Å². The fourth-order valence-corrected chi connectivity index (χ4v) is 4.12. The van der Waals surface area contributed by atoms with Crippen molar-refractivity contribution >= 4 is 22.8 Å². The molecule has 2 aromatic rings. The smallest absolute Gasteiger partial charge is 0.324 e. The monoisotopic (exact) mass is 372 g/mol. The number of carboxylic acids is 1. The fraction of sp³-hybridized carbons (Fsp3) is 0.500. The van der Waals surface area contributed by atoms with E-state index in [0.29, 0.717) is 19.3 Å². The van der Waals surface area contributed by atoms with E-state index in [4.69, 9.17) is 11.5 Å². The van der Waals surface area contributed by atoms with Crippen LogP contribution in [-0.2, 0) is 16.0 Å². The van der Waals surface area contributed by atoms with Gasteiger partial charge in [-0.2, -0.15) is 0 Å². The first-order valence-electron chi connectivity index (χ1n) is 9.42. The van der Waals surface area contributed by atoms with Gasteiger partial charge in [0, 0.05) is 29.6 Å². The summed E-state index contributed by atoms with van der Waals surface area (Å²) in [6.07, 6.45) is 4.29. The lowest BCUT2D eigenvalue weighted by Gasteiger charge is -2.40. The standard InChI is InChI=1S/C20H28N4O3/c1-12-6-7-14(20(22,9-12)19(26)27)11-24-18(25)16(21)8-13-10-23-17-5-3-2-4-15(13)17/h2-5,10,12,14,16,23H,6-9,11,21-22H2,1H3,(H,24,25)(H,26,27)/t12-,14+,16+,20-/m1/s1. The fourth-order valence-electron chi connectivity index (χ4n) is 4.12. The summed E-state index contributed by atoms with van der Waals surface area (Å²) in [6.45, 7) is 2.24. The summed E-state index contributed by atoms with van der Waals surface area (Å²) in [7, 11) is 0. The Morgan fingerprint density at radius 2 is 2.11 bits per heavy atom. The molecular weight excluding hydrogens is 344 g/mol. The second-order valence-electron chi connectivity index (χ2n) is 7.84. The maximum atomic E-state index is 12.5. The van der Waals surface area contributed by atoms with Crippen LogP contribution in [0.2, 0.25) is 0 Å². The first-order chi connectivity index (χ1) is 12.8. The number of aromatic amines is 1. The molecule has 1 saturated carbocycles. The molecule has 1 aliphatic rings. The van der Waals surface area contributed by atoms with Gasteiger partial charge in [-0.25, -0.2) is 0 Å². The maximum Gasteiger partial charge on any atom is 0.324 e. The normalized spacial score (nSPS) is 26.6. The summed E-state index contributed by atoms with van der Waals surface area (Å²) in [6, 6.07) is 7.15. The largest absolute Gasteiger partial charge is 0.480 e. The minimum Gasteiger partial charge on any atom is -0.480 e. The molecule has 0 radical (unpaired) electrons. The van der Waals surface area contributed by atoms with Gasteiger partial charge in [-0.3, -0.25) is 9.59 Å². The van der Waals surface area contributed by atoms with Gasteiger partial charge in [0.15, 0.2) is 0 Å². The van der Waals surface area contributed by atoms with Gasteiger partial charge in [-0.05, 0) is 36.8 Å². The average Bonchev–Trinajstić information content (AvgIpc) is 3.03. The van der Waals surface area contributed by atoms with Crippen molar-refractivity contribution in [2.45, 2.75) is 44.2 Å². The van der Waals surface area contributed by atoms with Crippen LogP contribution in [-0.4, -0.2) is 40.1 Å². The third-order valence-corrected chi connectivity index (χ3v) is 5.80. The van der Waals surface area contributed by atoms with Crippen molar-refractivity contribution in [2.75, 3.05) is 6.54 Å². The van der Waals surface area contributed by atoms with E-state index in [0.717, 1.165) is 22.9 Å². The van der Waals surface area contributed by atoms with Crippen LogP contribution in [0, 0.1) is 11.8 Å². The van der Waals surface area contributed by atoms with Gasteiger partial charge in [0.05, 0.1) is 6.04 Å². The lowest BCUT2D eigenvalue weighted by molar-refractivity contribution is -0.148. The Morgan fingerprint density at radius 3 is 2.85 bits per heavy atom. The van der Waals surface area contributed by atoms with Crippen molar-refractivity contribution in [3.05, 3.63) is 36.0 Å². The molecule has 4 atom stereocenters. The van der Waals surface area contributed by atoms with Gasteiger partial charge >= 0.3 is 5.97 Å². The molecule has 0 unspecified atom stereocenters. The zero-order chi connectivity index (χ0) is 19.6. The Kier molecular flexibility index (Phi) is 5.53. The number of aromatic nitrogens is 1. The predicted molar refractivity (Wildman–Crippen MR) is 104 cm³/mol. The molecule has 7 heteroatoms. The molecule has 0 bridgehead atoms. The van der Waals surface area contributed by atoms with E-state index >= 15 is 0 Å². The highest BCUT2D eigenvalue weighted by molar-refractivity contribution is 5.86. The zero-order valence-corrected chi connectivity index (χ0v) is 15.6. The summed E-state index contributed by atoms with van der Waals surface area (Å²) in [5.74, 6) is -1.32. The maximum absolute atomic E-state index is 12.5. The number of para-hydroxylation sites is 1. The molecule has 0 saturated heterocycles. The van der Waals surface area contributed by atoms with E-state index in [-0.39, 0.29) is 24.3 Å². The zero-order valence-electron chi connectivity index (χ0n) is 15.6. The lowest BCUT2D eigenvalue weighted by Crippen LogP contribution is -2.60. The van der Waals surface area contributed by atoms with Crippen molar-refractivity contribution in [1.82, 2.24) is 10.3 Å². The van der Waals surface area contributed by atoms with Gasteiger partial charge in [-0.1, -0.05) is 31.5 Å². The summed E-state index contributed by atoms with van der Waals surface area (Å²) in [4.78, 5) is 27.3. The molecule has 1 heterocycles. The number of nitrogens with two attached hydrogens (primary N) is 2. The first kappa shape index (κ1) is 19.4. The average molecular weight is 372 g/mol. The van der Waals surface area contributed by atoms with Crippen molar-refractivity contribution < 1.29 is 14.7 Å². The number of aliphatic carboxylic acids is 1. The first-order valence-corrected chi connectivity index (χ1v) is 9.42. The van der Waals surface area contributed by atoms with E-state index in [1.807, 2.05) is 37.4 Å². The Hall–Kier alpha value is -2.38. The summed E-state index contributed by atoms with van der Waals surface area (Å²) in [5, 5.41) is 13.4. The highest BCUT2D eigenvalue weighted by Crippen LogP contribution is 2.35. The third kappa shape index (κ3) is 3.99. The molecule has 1 aliphatic carbocycles. The second-order valence-corrected chi connectivity index (χ2v) is 7.84. The highest BCUT2D eigenvalue weighted by atomic mass is 16.4. The van der Waals surface area contributed by atoms with Gasteiger partial charge in [-0.15, -0.1) is 0 Å². The van der Waals surface area contributed by atoms with E-state index in [9.17, 15) is 14.7 Å². The van der Waals surface area contributed by atoms with E-state index < -0.39 is 17.6 Å². The number of carbonyl (C=O) groups excluding carboxylic acids is 1. The van der Waals surface area contributed by atoms with Crippen LogP contribution in [0.4, 0.5) is 0 Å². The Labute approximate surface area is 158 Å². The van der Waals surface area contributed by atoms with Crippen molar-refractivity contribution in [3.63, 3.8) is 0 Å². The Balaban J connectivity index is 1.60. The topological polar surface area (TPSA) is 134 Å². The van der Waals surface area contributed by atoms with Gasteiger partial charge in [0.1, 0.15) is 5.54 Å². The van der Waals surface area contributed by atoms with Crippen LogP contribution in [0.25, 0.3) is 10.9 Å². The number of carboxylic acid groups (broad SMARTS) is 1. The SMILES string of the molecule is C[C@@H]1CC[C@@H](CNC(=O)[C@@H](N)Cc2c[nH]c3ccccc23)[C@@](N)(C(=O)O)C1. The number of amides is 1. The number of fused-ring (bicyclic) bond motifs is 1. The molecule has 1 amide bonds. The van der Waals surface area contributed by atoms with Crippen LogP contribution < -0.4 is 16.8 Å². The van der Waals surface area contributed by atoms with E-state index in [1.165, 1.54) is 0 Å². The van der Waals surface area contributed by atoms with Crippen molar-refractivity contribution in [1.29, 1.82) is 0 Å². The molecule has 7 nitrogen and oxygen atoms in total. The Morgan fingerprint density at radius 1 is 1.37 bits per heavy atom. The second kappa shape index (κ2) is 7.70. The number of benzene rings is 1. The number of carbonyl (C=O) groups is 2. The van der Waals surface area contributed by atoms with Crippen LogP contribution in [0.5, 0.6) is 0 Å². The van der Waals surface area contributed by atoms with Crippen LogP contribution >= 0.6 is 0 Å². The highest BCUT2D eigenvalue weighted by Gasteiger charge is 2.46. The van der Waals surface area contributed by atoms with Gasteiger partial charge < -0.3 is 26.9 Å². The molecular formula is C20H28N4O3. The molecule has 3 rings (SSSR count). The molecule has 27 heavy (non-hydrogen) atoms. The third-order valence-electron chi connectivity index (χ3n) is 5.80. The molecule has 1 aromatic heterocycles. The minimum absolute atomic E-state index is 0.232. The number of H-pyrrole nitrogens is 1. The Bertz CT molecular complexity index is 833. The van der Waals surface area contributed by atoms with Crippen LogP contribution in [0.15, 0.2) is 30.5 Å². The van der Waals surface area contributed by atoms with Crippen LogP contribution in [0.1, 0.15) is 31.7 Å². The molecule has 146 valence electrons. The molecule has 7 N–H and O–H groups in total. The molecule has 1 aromatic carbocycles. The predicted octanol–water partition coefficient (Wildman–Crippen LogP) is 1.37. The lowest BCUT2D eigenvalue weighted by atomic mass is 9.69. The van der Waals surface area contributed by atoms with E-state index in [2.05, 4.69) is 10.3 Å². The summed E-state index contributed by atoms with van der Waals surface area (Å²) in [5.41, 5.74) is 13.0. The minimum atomic E-state index is -1.30. The molecule has 0 spiro atoms. The molecule has 0 aliphatic heterocycles. The number of hydrogen-bond donors (Lipinski definition) is 5. The summed E-state index contributed by atoms with van der Waals surface area (Å²) >= 11 is 0. The van der Waals surface area contributed by atoms with E-state index in [1.54, 1.807) is 0 Å². The van der Waals surface area contributed by atoms with Crippen molar-refractivity contribution in [3.8, 4) is 0 Å². The quantitative estimate of drug-likeness (QED) is 0.522. The van der Waals surface area contributed by atoms with Crippen LogP contribution in [0.3, 0.4) is 0 Å². The van der Waals surface area contributed by atoms with Gasteiger partial charge in [0.25, 0.3) is 0 Å². The molecule has 1 fully saturated rings. The summed E-state index contributed by atoms with van der Waals surface area (Å²) < 4.78 is 0. The number of rotatable bonds is 6. The number of hydrogen-bond acceptors (Lipinski definition) is 4. The number of nitrogens with one attached hydrogen (secondary N) is 2.